The summed E-state index contributed by atoms with van der Waals surface area (Å²) in [6.45, 7) is 1.47. The summed E-state index contributed by atoms with van der Waals surface area (Å²) in [6, 6.07) is 1.27. The number of hydrogen-bond acceptors (Lipinski definition) is 5. The average Bonchev–Trinajstić information content (AvgIpc) is 2.85. The Kier molecular flexibility index (Phi) is 3.43. The molecule has 2 heterocycles. The van der Waals surface area contributed by atoms with Gasteiger partial charge in [-0.1, -0.05) is 0 Å². The molecule has 0 aliphatic carbocycles. The number of halogens is 3. The number of aryl methyl sites for hydroxylation is 1. The number of sulfone groups is 1. The molecule has 0 saturated heterocycles. The number of furan rings is 1. The van der Waals surface area contributed by atoms with Gasteiger partial charge in [-0.3, -0.25) is 0 Å². The summed E-state index contributed by atoms with van der Waals surface area (Å²) in [7, 11) is -3.75. The summed E-state index contributed by atoms with van der Waals surface area (Å²) < 4.78 is 65.9. The molecule has 0 fully saturated rings. The highest BCUT2D eigenvalue weighted by Crippen LogP contribution is 2.31. The van der Waals surface area contributed by atoms with Gasteiger partial charge in [0.1, 0.15) is 21.4 Å². The van der Waals surface area contributed by atoms with Crippen molar-refractivity contribution in [3.05, 3.63) is 34.2 Å². The normalized spacial score (nSPS) is 12.8. The maximum atomic E-state index is 12.4. The van der Waals surface area contributed by atoms with Crippen molar-refractivity contribution in [1.82, 2.24) is 4.98 Å². The molecule has 4 nitrogen and oxygen atoms in total. The zero-order chi connectivity index (χ0) is 14.3. The monoisotopic (exact) mass is 311 g/mol. The topological polar surface area (TPSA) is 60.2 Å². The van der Waals surface area contributed by atoms with E-state index in [-0.39, 0.29) is 15.7 Å². The second kappa shape index (κ2) is 4.64. The van der Waals surface area contributed by atoms with E-state index >= 15 is 0 Å². The van der Waals surface area contributed by atoms with E-state index in [9.17, 15) is 21.6 Å². The Balaban J connectivity index is 2.27. The van der Waals surface area contributed by atoms with Gasteiger partial charge in [0.25, 0.3) is 0 Å². The van der Waals surface area contributed by atoms with Gasteiger partial charge in [0.05, 0.1) is 6.26 Å². The first-order valence-electron chi connectivity index (χ1n) is 4.98. The maximum absolute atomic E-state index is 12.4. The van der Waals surface area contributed by atoms with Gasteiger partial charge in [-0.2, -0.15) is 13.2 Å². The lowest BCUT2D eigenvalue weighted by atomic mass is 10.5. The molecule has 0 unspecified atom stereocenters. The molecule has 0 amide bonds. The molecule has 0 saturated carbocycles. The number of nitrogens with zero attached hydrogens (tertiary/aromatic N) is 1. The van der Waals surface area contributed by atoms with E-state index in [0.29, 0.717) is 11.3 Å². The molecule has 0 aliphatic rings. The predicted molar refractivity (Wildman–Crippen MR) is 61.5 cm³/mol. The maximum Gasteiger partial charge on any atom is 0.434 e. The summed E-state index contributed by atoms with van der Waals surface area (Å²) in [4.78, 5) is 3.26. The van der Waals surface area contributed by atoms with E-state index in [0.717, 1.165) is 5.38 Å². The molecular formula is C10H8F3NO3S2. The van der Waals surface area contributed by atoms with Gasteiger partial charge in [0.2, 0.25) is 0 Å². The van der Waals surface area contributed by atoms with Crippen molar-refractivity contribution in [1.29, 1.82) is 0 Å². The van der Waals surface area contributed by atoms with E-state index < -0.39 is 27.5 Å². The van der Waals surface area contributed by atoms with Crippen molar-refractivity contribution >= 4 is 21.2 Å². The third kappa shape index (κ3) is 2.98. The van der Waals surface area contributed by atoms with E-state index in [4.69, 9.17) is 4.42 Å². The largest absolute Gasteiger partial charge is 0.468 e. The summed E-state index contributed by atoms with van der Waals surface area (Å²) in [5.41, 5.74) is -1.08. The number of thiazole rings is 1. The molecule has 0 spiro atoms. The minimum atomic E-state index is -4.57. The van der Waals surface area contributed by atoms with Crippen LogP contribution in [0.2, 0.25) is 0 Å². The summed E-state index contributed by atoms with van der Waals surface area (Å²) in [5.74, 6) is -0.374. The van der Waals surface area contributed by atoms with Crippen molar-refractivity contribution in [2.45, 2.75) is 23.7 Å². The lowest BCUT2D eigenvalue weighted by Gasteiger charge is -2.01. The molecule has 0 atom stereocenters. The van der Waals surface area contributed by atoms with Gasteiger partial charge in [-0.15, -0.1) is 11.3 Å². The van der Waals surface area contributed by atoms with Crippen LogP contribution < -0.4 is 0 Å². The third-order valence-corrected chi connectivity index (χ3v) is 5.08. The molecule has 0 radical (unpaired) electrons. The zero-order valence-electron chi connectivity index (χ0n) is 9.56. The first-order valence-corrected chi connectivity index (χ1v) is 7.52. The first-order chi connectivity index (χ1) is 8.70. The van der Waals surface area contributed by atoms with E-state index in [1.54, 1.807) is 0 Å². The predicted octanol–water partition coefficient (Wildman–Crippen LogP) is 3.04. The molecule has 0 aliphatic heterocycles. The summed E-state index contributed by atoms with van der Waals surface area (Å²) in [5, 5.41) is 0.695. The Hall–Kier alpha value is -1.35. The molecule has 19 heavy (non-hydrogen) atoms. The Morgan fingerprint density at radius 1 is 1.42 bits per heavy atom. The standard InChI is InChI=1S/C10H8F3NO3S2/c1-6-7(2-3-17-6)19(15,16)5-9-14-8(4-18-9)10(11,12)13/h2-4H,5H2,1H3. The van der Waals surface area contributed by atoms with Gasteiger partial charge in [-0.05, 0) is 13.0 Å². The van der Waals surface area contributed by atoms with Crippen LogP contribution in [0.15, 0.2) is 27.0 Å². The van der Waals surface area contributed by atoms with E-state index in [1.807, 2.05) is 0 Å². The molecule has 0 bridgehead atoms. The van der Waals surface area contributed by atoms with Crippen LogP contribution in [0.25, 0.3) is 0 Å². The Labute approximate surface area is 110 Å². The van der Waals surface area contributed by atoms with E-state index in [2.05, 4.69) is 4.98 Å². The number of aromatic nitrogens is 1. The van der Waals surface area contributed by atoms with Crippen LogP contribution in [0.3, 0.4) is 0 Å². The highest BCUT2D eigenvalue weighted by atomic mass is 32.2. The van der Waals surface area contributed by atoms with Gasteiger partial charge >= 0.3 is 6.18 Å². The second-order valence-corrected chi connectivity index (χ2v) is 6.63. The van der Waals surface area contributed by atoms with Crippen molar-refractivity contribution in [3.8, 4) is 0 Å². The fraction of sp³-hybridized carbons (Fsp3) is 0.300. The van der Waals surface area contributed by atoms with Crippen molar-refractivity contribution < 1.29 is 26.0 Å². The van der Waals surface area contributed by atoms with Gasteiger partial charge in [0, 0.05) is 5.38 Å². The highest BCUT2D eigenvalue weighted by molar-refractivity contribution is 7.90. The van der Waals surface area contributed by atoms with Crippen molar-refractivity contribution in [2.75, 3.05) is 0 Å². The van der Waals surface area contributed by atoms with Crippen LogP contribution in [0.4, 0.5) is 13.2 Å². The molecular weight excluding hydrogens is 303 g/mol. The second-order valence-electron chi connectivity index (χ2n) is 3.72. The van der Waals surface area contributed by atoms with E-state index in [1.165, 1.54) is 19.3 Å². The number of alkyl halides is 3. The van der Waals surface area contributed by atoms with Crippen molar-refractivity contribution in [3.63, 3.8) is 0 Å². The minimum Gasteiger partial charge on any atom is -0.468 e. The fourth-order valence-corrected chi connectivity index (χ4v) is 4.06. The number of rotatable bonds is 3. The lowest BCUT2D eigenvalue weighted by molar-refractivity contribution is -0.140. The van der Waals surface area contributed by atoms with Crippen LogP contribution in [0.1, 0.15) is 16.5 Å². The molecule has 2 rings (SSSR count). The zero-order valence-corrected chi connectivity index (χ0v) is 11.2. The van der Waals surface area contributed by atoms with Crippen LogP contribution in [-0.4, -0.2) is 13.4 Å². The number of hydrogen-bond donors (Lipinski definition) is 0. The highest BCUT2D eigenvalue weighted by Gasteiger charge is 2.34. The van der Waals surface area contributed by atoms with Crippen LogP contribution in [-0.2, 0) is 21.8 Å². The average molecular weight is 311 g/mol. The smallest absolute Gasteiger partial charge is 0.434 e. The molecule has 0 N–H and O–H groups in total. The molecule has 9 heteroatoms. The minimum absolute atomic E-state index is 0.0312. The Morgan fingerprint density at radius 3 is 2.58 bits per heavy atom. The van der Waals surface area contributed by atoms with Crippen LogP contribution >= 0.6 is 11.3 Å². The lowest BCUT2D eigenvalue weighted by Crippen LogP contribution is -2.08. The SMILES string of the molecule is Cc1occc1S(=O)(=O)Cc1nc(C(F)(F)F)cs1. The van der Waals surface area contributed by atoms with Gasteiger partial charge in [0.15, 0.2) is 15.5 Å². The summed E-state index contributed by atoms with van der Waals surface area (Å²) in [6.07, 6.45) is -3.35. The van der Waals surface area contributed by atoms with Crippen molar-refractivity contribution in [2.24, 2.45) is 0 Å². The Morgan fingerprint density at radius 2 is 2.11 bits per heavy atom. The summed E-state index contributed by atoms with van der Waals surface area (Å²) >= 11 is 0.666. The van der Waals surface area contributed by atoms with Gasteiger partial charge < -0.3 is 4.42 Å². The quantitative estimate of drug-likeness (QED) is 0.874. The fourth-order valence-electron chi connectivity index (χ4n) is 1.44. The van der Waals surface area contributed by atoms with Crippen LogP contribution in [0, 0.1) is 6.92 Å². The third-order valence-electron chi connectivity index (χ3n) is 2.30. The first kappa shape index (κ1) is 14.1. The molecule has 0 aromatic carbocycles. The van der Waals surface area contributed by atoms with Crippen LogP contribution in [0.5, 0.6) is 0 Å². The van der Waals surface area contributed by atoms with Gasteiger partial charge in [-0.25, -0.2) is 13.4 Å². The Bertz CT molecular complexity index is 685. The molecule has 2 aromatic heterocycles. The molecule has 2 aromatic rings. The molecule has 104 valence electrons.